The number of hydroxylamine groups is 1. The largest absolute Gasteiger partial charge is 0.465 e. The van der Waals surface area contributed by atoms with Crippen molar-refractivity contribution in [3.63, 3.8) is 0 Å². The molecule has 0 radical (unpaired) electrons. The van der Waals surface area contributed by atoms with Gasteiger partial charge in [-0.25, -0.2) is 9.59 Å². The van der Waals surface area contributed by atoms with Crippen molar-refractivity contribution in [3.05, 3.63) is 29.8 Å². The van der Waals surface area contributed by atoms with E-state index >= 15 is 0 Å². The van der Waals surface area contributed by atoms with E-state index in [4.69, 9.17) is 15.0 Å². The van der Waals surface area contributed by atoms with Gasteiger partial charge in [0.2, 0.25) is 5.91 Å². The van der Waals surface area contributed by atoms with Crippen molar-refractivity contribution in [2.45, 2.75) is 32.7 Å². The van der Waals surface area contributed by atoms with Crippen molar-refractivity contribution in [3.8, 4) is 0 Å². The first kappa shape index (κ1) is 28.7. The molecule has 2 saturated heterocycles. The van der Waals surface area contributed by atoms with Crippen LogP contribution < -0.4 is 21.0 Å². The number of likely N-dealkylation sites (N-methyl/N-ethyl adjacent to an activating group) is 1. The van der Waals surface area contributed by atoms with Crippen LogP contribution in [0.3, 0.4) is 0 Å². The standard InChI is InChI=1S/C25H37N7O6/c1-4-15-37-23(34)17(2)16-27-24(35)28-20-9-10-32(22(20)33)19-7-5-18(6-8-19)21(26)29-38-25(36)31-13-11-30(3)12-14-31/h5-8,17,20H,4,9-16H2,1-3H3,(H2,26,29)(H2,27,28,35)/t17?,20-/m0/s1. The van der Waals surface area contributed by atoms with Gasteiger partial charge in [0.15, 0.2) is 5.84 Å². The summed E-state index contributed by atoms with van der Waals surface area (Å²) in [5, 5.41) is 13.4. The first-order valence-electron chi connectivity index (χ1n) is 12.8. The predicted molar refractivity (Wildman–Crippen MR) is 140 cm³/mol. The molecule has 0 bridgehead atoms. The summed E-state index contributed by atoms with van der Waals surface area (Å²) in [5.41, 5.74) is 3.49. The van der Waals surface area contributed by atoms with Crippen molar-refractivity contribution in [2.75, 3.05) is 57.8 Å². The molecule has 0 aromatic heterocycles. The number of rotatable bonds is 8. The number of hydrogen-bond acceptors (Lipinski definition) is 8. The first-order chi connectivity index (χ1) is 18.2. The smallest absolute Gasteiger partial charge is 0.434 e. The molecule has 1 aromatic rings. The fourth-order valence-electron chi connectivity index (χ4n) is 3.97. The number of anilines is 1. The van der Waals surface area contributed by atoms with Gasteiger partial charge in [-0.05, 0) is 44.2 Å². The molecule has 2 fully saturated rings. The second-order valence-electron chi connectivity index (χ2n) is 9.44. The topological polar surface area (TPSA) is 156 Å². The van der Waals surface area contributed by atoms with E-state index in [-0.39, 0.29) is 24.3 Å². The summed E-state index contributed by atoms with van der Waals surface area (Å²) in [6, 6.07) is 5.46. The number of benzene rings is 1. The number of piperazine rings is 1. The zero-order chi connectivity index (χ0) is 27.7. The fraction of sp³-hybridized carbons (Fsp3) is 0.560. The van der Waals surface area contributed by atoms with Crippen LogP contribution in [0.2, 0.25) is 0 Å². The molecule has 208 valence electrons. The highest BCUT2D eigenvalue weighted by atomic mass is 16.7. The Balaban J connectivity index is 1.43. The van der Waals surface area contributed by atoms with Crippen LogP contribution in [0.5, 0.6) is 0 Å². The highest BCUT2D eigenvalue weighted by Gasteiger charge is 2.33. The molecule has 0 saturated carbocycles. The third-order valence-electron chi connectivity index (χ3n) is 6.40. The summed E-state index contributed by atoms with van der Waals surface area (Å²) in [7, 11) is 1.99. The molecule has 1 unspecified atom stereocenters. The van der Waals surface area contributed by atoms with Gasteiger partial charge >= 0.3 is 18.1 Å². The number of carbonyl (C=O) groups excluding carboxylic acids is 4. The van der Waals surface area contributed by atoms with Crippen LogP contribution in [0, 0.1) is 11.3 Å². The Kier molecular flexibility index (Phi) is 10.3. The SMILES string of the molecule is CCCOC(=O)C(C)CNC(=O)N[C@H]1CCN(c2ccc(C(=N)NOC(=O)N3CCN(C)CC3)cc2)C1=O. The molecule has 2 atom stereocenters. The van der Waals surface area contributed by atoms with Gasteiger partial charge in [0.25, 0.3) is 0 Å². The summed E-state index contributed by atoms with van der Waals surface area (Å²) in [6.45, 7) is 7.07. The Morgan fingerprint density at radius 1 is 1.11 bits per heavy atom. The molecule has 38 heavy (non-hydrogen) atoms. The maximum Gasteiger partial charge on any atom is 0.434 e. The average molecular weight is 532 g/mol. The van der Waals surface area contributed by atoms with E-state index < -0.39 is 24.1 Å². The van der Waals surface area contributed by atoms with Gasteiger partial charge in [-0.1, -0.05) is 13.8 Å². The maximum atomic E-state index is 12.9. The van der Waals surface area contributed by atoms with E-state index in [9.17, 15) is 19.2 Å². The summed E-state index contributed by atoms with van der Waals surface area (Å²) < 4.78 is 5.06. The highest BCUT2D eigenvalue weighted by molar-refractivity contribution is 6.02. The number of ether oxygens (including phenoxy) is 1. The van der Waals surface area contributed by atoms with Crippen LogP contribution in [-0.2, 0) is 19.2 Å². The minimum Gasteiger partial charge on any atom is -0.465 e. The van der Waals surface area contributed by atoms with Crippen molar-refractivity contribution in [2.24, 2.45) is 5.92 Å². The number of amidine groups is 1. The summed E-state index contributed by atoms with van der Waals surface area (Å²) >= 11 is 0. The lowest BCUT2D eigenvalue weighted by Gasteiger charge is -2.31. The third-order valence-corrected chi connectivity index (χ3v) is 6.40. The van der Waals surface area contributed by atoms with E-state index in [1.807, 2.05) is 14.0 Å². The van der Waals surface area contributed by atoms with Gasteiger partial charge in [0, 0.05) is 50.5 Å². The van der Waals surface area contributed by atoms with E-state index in [0.717, 1.165) is 19.5 Å². The maximum absolute atomic E-state index is 12.9. The van der Waals surface area contributed by atoms with Crippen molar-refractivity contribution < 1.29 is 28.8 Å². The Morgan fingerprint density at radius 3 is 2.45 bits per heavy atom. The second-order valence-corrected chi connectivity index (χ2v) is 9.44. The van der Waals surface area contributed by atoms with Gasteiger partial charge in [-0.2, -0.15) is 5.48 Å². The van der Waals surface area contributed by atoms with Crippen LogP contribution in [-0.4, -0.2) is 98.6 Å². The number of hydrogen-bond donors (Lipinski definition) is 4. The molecule has 13 nitrogen and oxygen atoms in total. The van der Waals surface area contributed by atoms with E-state index in [1.54, 1.807) is 41.0 Å². The number of nitrogens with one attached hydrogen (secondary N) is 4. The van der Waals surface area contributed by atoms with E-state index in [2.05, 4.69) is 21.0 Å². The molecule has 1 aromatic carbocycles. The number of amides is 4. The molecule has 2 heterocycles. The Bertz CT molecular complexity index is 1010. The summed E-state index contributed by atoms with van der Waals surface area (Å²) in [6.07, 6.45) is 0.624. The van der Waals surface area contributed by atoms with E-state index in [1.165, 1.54) is 0 Å². The molecule has 2 aliphatic rings. The fourth-order valence-corrected chi connectivity index (χ4v) is 3.97. The first-order valence-corrected chi connectivity index (χ1v) is 12.8. The van der Waals surface area contributed by atoms with Gasteiger partial charge in [-0.3, -0.25) is 15.0 Å². The lowest BCUT2D eigenvalue weighted by Crippen LogP contribution is -2.48. The molecule has 0 spiro atoms. The zero-order valence-corrected chi connectivity index (χ0v) is 22.1. The van der Waals surface area contributed by atoms with Gasteiger partial charge in [0.1, 0.15) is 6.04 Å². The van der Waals surface area contributed by atoms with Crippen LogP contribution in [0.1, 0.15) is 32.3 Å². The van der Waals surface area contributed by atoms with Crippen LogP contribution in [0.15, 0.2) is 24.3 Å². The third kappa shape index (κ3) is 7.81. The molecule has 2 aliphatic heterocycles. The Labute approximate surface area is 222 Å². The van der Waals surface area contributed by atoms with Crippen molar-refractivity contribution in [1.29, 1.82) is 5.41 Å². The minimum absolute atomic E-state index is 0.0872. The molecular formula is C25H37N7O6. The molecule has 4 N–H and O–H groups in total. The molecule has 13 heteroatoms. The van der Waals surface area contributed by atoms with Crippen LogP contribution in [0.25, 0.3) is 0 Å². The number of carbonyl (C=O) groups is 4. The quantitative estimate of drug-likeness (QED) is 0.167. The number of urea groups is 1. The van der Waals surface area contributed by atoms with Gasteiger partial charge in [0.05, 0.1) is 12.5 Å². The molecule has 4 amide bonds. The van der Waals surface area contributed by atoms with E-state index in [0.29, 0.717) is 43.9 Å². The Hall–Kier alpha value is -3.87. The lowest BCUT2D eigenvalue weighted by molar-refractivity contribution is -0.147. The van der Waals surface area contributed by atoms with Crippen LogP contribution in [0.4, 0.5) is 15.3 Å². The summed E-state index contributed by atoms with van der Waals surface area (Å²) in [5.74, 6) is -1.21. The van der Waals surface area contributed by atoms with Crippen molar-refractivity contribution in [1.82, 2.24) is 25.9 Å². The summed E-state index contributed by atoms with van der Waals surface area (Å²) in [4.78, 5) is 59.4. The highest BCUT2D eigenvalue weighted by Crippen LogP contribution is 2.22. The van der Waals surface area contributed by atoms with Gasteiger partial charge in [-0.15, -0.1) is 0 Å². The normalized spacial score (nSPS) is 18.5. The number of esters is 1. The second kappa shape index (κ2) is 13.6. The zero-order valence-electron chi connectivity index (χ0n) is 22.1. The lowest BCUT2D eigenvalue weighted by atomic mass is 10.2. The minimum atomic E-state index is -0.689. The molecule has 3 rings (SSSR count). The predicted octanol–water partition coefficient (Wildman–Crippen LogP) is 0.894. The average Bonchev–Trinajstić information content (AvgIpc) is 3.28. The van der Waals surface area contributed by atoms with Gasteiger partial charge < -0.3 is 34.9 Å². The Morgan fingerprint density at radius 2 is 1.79 bits per heavy atom. The van der Waals surface area contributed by atoms with Crippen LogP contribution >= 0.6 is 0 Å². The molecule has 0 aliphatic carbocycles. The monoisotopic (exact) mass is 531 g/mol. The molecular weight excluding hydrogens is 494 g/mol. The number of nitrogens with zero attached hydrogens (tertiary/aromatic N) is 3. The van der Waals surface area contributed by atoms with Crippen molar-refractivity contribution >= 4 is 35.5 Å².